The smallest absolute Gasteiger partial charge is 0.237 e. The minimum atomic E-state index is -0.124. The Bertz CT molecular complexity index is 742. The number of benzene rings is 2. The van der Waals surface area contributed by atoms with Crippen molar-refractivity contribution >= 4 is 23.2 Å². The van der Waals surface area contributed by atoms with Gasteiger partial charge in [-0.05, 0) is 37.1 Å². The number of nitrogens with one attached hydrogen (secondary N) is 1. The molecule has 0 saturated carbocycles. The monoisotopic (exact) mass is 371 g/mol. The molecule has 2 aromatic rings. The second-order valence-corrected chi connectivity index (χ2v) is 7.27. The summed E-state index contributed by atoms with van der Waals surface area (Å²) in [5.41, 5.74) is 3.55. The minimum absolute atomic E-state index is 0.0845. The molecule has 0 bridgehead atoms. The van der Waals surface area contributed by atoms with Crippen molar-refractivity contribution in [3.8, 4) is 0 Å². The van der Waals surface area contributed by atoms with Crippen LogP contribution in [-0.4, -0.2) is 43.0 Å². The highest BCUT2D eigenvalue weighted by Crippen LogP contribution is 2.25. The SMILES string of the molecule is Cc1ccc(Cl)cc1N1CCN(C(C)C(=O)NCc2ccccc2)CC1. The van der Waals surface area contributed by atoms with Gasteiger partial charge in [-0.1, -0.05) is 48.0 Å². The first kappa shape index (κ1) is 18.7. The molecule has 1 saturated heterocycles. The quantitative estimate of drug-likeness (QED) is 0.874. The highest BCUT2D eigenvalue weighted by molar-refractivity contribution is 6.30. The van der Waals surface area contributed by atoms with Crippen LogP contribution in [0, 0.1) is 6.92 Å². The number of hydrogen-bond donors (Lipinski definition) is 1. The first-order valence-corrected chi connectivity index (χ1v) is 9.49. The normalized spacial score (nSPS) is 16.3. The summed E-state index contributed by atoms with van der Waals surface area (Å²) < 4.78 is 0. The molecule has 3 rings (SSSR count). The minimum Gasteiger partial charge on any atom is -0.369 e. The van der Waals surface area contributed by atoms with Crippen LogP contribution in [0.5, 0.6) is 0 Å². The van der Waals surface area contributed by atoms with Crippen LogP contribution in [0.1, 0.15) is 18.1 Å². The van der Waals surface area contributed by atoms with Gasteiger partial charge in [-0.2, -0.15) is 0 Å². The molecule has 0 radical (unpaired) electrons. The molecule has 1 unspecified atom stereocenters. The van der Waals surface area contributed by atoms with E-state index >= 15 is 0 Å². The number of anilines is 1. The summed E-state index contributed by atoms with van der Waals surface area (Å²) in [7, 11) is 0. The van der Waals surface area contributed by atoms with E-state index in [4.69, 9.17) is 11.6 Å². The number of hydrogen-bond acceptors (Lipinski definition) is 3. The highest BCUT2D eigenvalue weighted by Gasteiger charge is 2.26. The Morgan fingerprint density at radius 3 is 2.50 bits per heavy atom. The number of halogens is 1. The largest absolute Gasteiger partial charge is 0.369 e. The summed E-state index contributed by atoms with van der Waals surface area (Å²) >= 11 is 6.15. The predicted octanol–water partition coefficient (Wildman–Crippen LogP) is 3.48. The summed E-state index contributed by atoms with van der Waals surface area (Å²) in [5.74, 6) is 0.0845. The number of carbonyl (C=O) groups is 1. The first-order valence-electron chi connectivity index (χ1n) is 9.11. The molecule has 1 amide bonds. The van der Waals surface area contributed by atoms with E-state index in [1.165, 1.54) is 11.3 Å². The van der Waals surface area contributed by atoms with Gasteiger partial charge in [0.1, 0.15) is 0 Å². The standard InChI is InChI=1S/C21H26ClN3O/c1-16-8-9-19(22)14-20(16)25-12-10-24(11-13-25)17(2)21(26)23-15-18-6-4-3-5-7-18/h3-9,14,17H,10-13,15H2,1-2H3,(H,23,26). The Morgan fingerprint density at radius 2 is 1.81 bits per heavy atom. The predicted molar refractivity (Wildman–Crippen MR) is 108 cm³/mol. The van der Waals surface area contributed by atoms with Crippen molar-refractivity contribution in [2.75, 3.05) is 31.1 Å². The van der Waals surface area contributed by atoms with Crippen LogP contribution in [0.4, 0.5) is 5.69 Å². The van der Waals surface area contributed by atoms with Crippen molar-refractivity contribution < 1.29 is 4.79 Å². The van der Waals surface area contributed by atoms with E-state index in [1.54, 1.807) is 0 Å². The fourth-order valence-corrected chi connectivity index (χ4v) is 3.54. The van der Waals surface area contributed by atoms with Crippen LogP contribution in [0.25, 0.3) is 0 Å². The molecule has 1 N–H and O–H groups in total. The maximum absolute atomic E-state index is 12.5. The number of carbonyl (C=O) groups excluding carboxylic acids is 1. The number of piperazine rings is 1. The third-order valence-corrected chi connectivity index (χ3v) is 5.30. The fraction of sp³-hybridized carbons (Fsp3) is 0.381. The molecule has 1 aliphatic heterocycles. The van der Waals surface area contributed by atoms with E-state index in [0.717, 1.165) is 36.8 Å². The Balaban J connectivity index is 1.52. The third-order valence-electron chi connectivity index (χ3n) is 5.06. The van der Waals surface area contributed by atoms with Gasteiger partial charge in [-0.15, -0.1) is 0 Å². The molecule has 1 fully saturated rings. The zero-order valence-electron chi connectivity index (χ0n) is 15.4. The topological polar surface area (TPSA) is 35.6 Å². The molecule has 1 aliphatic rings. The van der Waals surface area contributed by atoms with E-state index in [0.29, 0.717) is 6.54 Å². The molecular weight excluding hydrogens is 346 g/mol. The first-order chi connectivity index (χ1) is 12.5. The van der Waals surface area contributed by atoms with Crippen molar-refractivity contribution in [2.45, 2.75) is 26.4 Å². The van der Waals surface area contributed by atoms with E-state index in [1.807, 2.05) is 49.4 Å². The molecular formula is C21H26ClN3O. The molecule has 0 aromatic heterocycles. The number of rotatable bonds is 5. The van der Waals surface area contributed by atoms with Crippen LogP contribution in [0.15, 0.2) is 48.5 Å². The Kier molecular flexibility index (Phi) is 6.17. The zero-order chi connectivity index (χ0) is 18.5. The van der Waals surface area contributed by atoms with E-state index in [9.17, 15) is 4.79 Å². The lowest BCUT2D eigenvalue weighted by Gasteiger charge is -2.39. The van der Waals surface area contributed by atoms with Crippen LogP contribution in [0.2, 0.25) is 5.02 Å². The van der Waals surface area contributed by atoms with Gasteiger partial charge in [0.25, 0.3) is 0 Å². The van der Waals surface area contributed by atoms with Gasteiger partial charge < -0.3 is 10.2 Å². The Morgan fingerprint density at radius 1 is 1.12 bits per heavy atom. The van der Waals surface area contributed by atoms with Crippen molar-refractivity contribution in [3.63, 3.8) is 0 Å². The van der Waals surface area contributed by atoms with Gasteiger partial charge in [0.2, 0.25) is 5.91 Å². The number of nitrogens with zero attached hydrogens (tertiary/aromatic N) is 2. The van der Waals surface area contributed by atoms with Gasteiger partial charge in [0.15, 0.2) is 0 Å². The van der Waals surface area contributed by atoms with Gasteiger partial charge in [0.05, 0.1) is 6.04 Å². The average Bonchev–Trinajstić information content (AvgIpc) is 2.68. The molecule has 1 atom stereocenters. The molecule has 1 heterocycles. The number of aryl methyl sites for hydroxylation is 1. The van der Waals surface area contributed by atoms with Crippen LogP contribution < -0.4 is 10.2 Å². The summed E-state index contributed by atoms with van der Waals surface area (Å²) in [4.78, 5) is 17.1. The molecule has 5 heteroatoms. The molecule has 0 spiro atoms. The second kappa shape index (κ2) is 8.56. The summed E-state index contributed by atoms with van der Waals surface area (Å²) in [6.45, 7) is 8.21. The zero-order valence-corrected chi connectivity index (χ0v) is 16.2. The molecule has 0 aliphatic carbocycles. The van der Waals surface area contributed by atoms with Gasteiger partial charge in [-0.25, -0.2) is 0 Å². The van der Waals surface area contributed by atoms with Crippen molar-refractivity contribution in [1.82, 2.24) is 10.2 Å². The van der Waals surface area contributed by atoms with Crippen molar-refractivity contribution in [1.29, 1.82) is 0 Å². The summed E-state index contributed by atoms with van der Waals surface area (Å²) in [6, 6.07) is 15.9. The van der Waals surface area contributed by atoms with Gasteiger partial charge >= 0.3 is 0 Å². The average molecular weight is 372 g/mol. The highest BCUT2D eigenvalue weighted by atomic mass is 35.5. The van der Waals surface area contributed by atoms with Crippen LogP contribution in [0.3, 0.4) is 0 Å². The lowest BCUT2D eigenvalue weighted by atomic mass is 10.1. The van der Waals surface area contributed by atoms with Crippen molar-refractivity contribution in [2.24, 2.45) is 0 Å². The molecule has 4 nitrogen and oxygen atoms in total. The van der Waals surface area contributed by atoms with E-state index < -0.39 is 0 Å². The molecule has 2 aromatic carbocycles. The third kappa shape index (κ3) is 4.57. The van der Waals surface area contributed by atoms with Gasteiger partial charge in [0, 0.05) is 43.4 Å². The Labute approximate surface area is 160 Å². The summed E-state index contributed by atoms with van der Waals surface area (Å²) in [6.07, 6.45) is 0. The van der Waals surface area contributed by atoms with Crippen LogP contribution in [-0.2, 0) is 11.3 Å². The van der Waals surface area contributed by atoms with Gasteiger partial charge in [-0.3, -0.25) is 9.69 Å². The van der Waals surface area contributed by atoms with E-state index in [-0.39, 0.29) is 11.9 Å². The van der Waals surface area contributed by atoms with Crippen LogP contribution >= 0.6 is 11.6 Å². The van der Waals surface area contributed by atoms with E-state index in [2.05, 4.69) is 28.1 Å². The number of amides is 1. The molecule has 138 valence electrons. The summed E-state index contributed by atoms with van der Waals surface area (Å²) in [5, 5.41) is 3.81. The lowest BCUT2D eigenvalue weighted by molar-refractivity contribution is -0.126. The maximum Gasteiger partial charge on any atom is 0.237 e. The Hall–Kier alpha value is -2.04. The van der Waals surface area contributed by atoms with Crippen molar-refractivity contribution in [3.05, 3.63) is 64.7 Å². The molecule has 26 heavy (non-hydrogen) atoms. The fourth-order valence-electron chi connectivity index (χ4n) is 3.37. The second-order valence-electron chi connectivity index (χ2n) is 6.83. The lowest BCUT2D eigenvalue weighted by Crippen LogP contribution is -2.54. The maximum atomic E-state index is 12.5.